The van der Waals surface area contributed by atoms with Crippen molar-refractivity contribution in [1.82, 2.24) is 9.97 Å². The largest absolute Gasteiger partial charge is 0.330 e. The molecule has 0 saturated carbocycles. The fraction of sp³-hybridized carbons (Fsp3) is 0. The van der Waals surface area contributed by atoms with Gasteiger partial charge in [0.15, 0.2) is 0 Å². The zero-order chi connectivity index (χ0) is 11.6. The van der Waals surface area contributed by atoms with Crippen molar-refractivity contribution in [3.05, 3.63) is 41.1 Å². The van der Waals surface area contributed by atoms with Crippen LogP contribution in [0.25, 0.3) is 0 Å². The molecule has 0 atom stereocenters. The molecule has 16 heavy (non-hydrogen) atoms. The van der Waals surface area contributed by atoms with Gasteiger partial charge in [0.1, 0.15) is 4.90 Å². The standard InChI is InChI=1S/C9H8BrN3O2S/c10-7-3-1-2-4-8(7)16(14,15)13-9-11-5-6-12-9/h1-6H,(H2,11,12,13). The van der Waals surface area contributed by atoms with Gasteiger partial charge in [-0.3, -0.25) is 0 Å². The molecule has 2 aromatic rings. The number of hydrogen-bond donors (Lipinski definition) is 2. The maximum atomic E-state index is 11.9. The second-order valence-electron chi connectivity index (χ2n) is 2.97. The SMILES string of the molecule is O=S(=O)(Nc1ncc[nH]1)c1ccccc1Br. The van der Waals surface area contributed by atoms with Gasteiger partial charge >= 0.3 is 0 Å². The zero-order valence-electron chi connectivity index (χ0n) is 8.01. The molecule has 7 heteroatoms. The van der Waals surface area contributed by atoms with Crippen molar-refractivity contribution >= 4 is 31.9 Å². The molecule has 2 N–H and O–H groups in total. The lowest BCUT2D eigenvalue weighted by Gasteiger charge is -2.06. The van der Waals surface area contributed by atoms with Crippen LogP contribution >= 0.6 is 15.9 Å². The fourth-order valence-electron chi connectivity index (χ4n) is 1.17. The molecule has 0 bridgehead atoms. The van der Waals surface area contributed by atoms with Crippen LogP contribution in [0.4, 0.5) is 5.95 Å². The molecule has 1 heterocycles. The molecule has 0 amide bonds. The van der Waals surface area contributed by atoms with E-state index >= 15 is 0 Å². The lowest BCUT2D eigenvalue weighted by Crippen LogP contribution is -2.14. The van der Waals surface area contributed by atoms with E-state index in [9.17, 15) is 8.42 Å². The van der Waals surface area contributed by atoms with Crippen LogP contribution in [0.15, 0.2) is 46.0 Å². The summed E-state index contributed by atoms with van der Waals surface area (Å²) in [5, 5.41) is 0. The molecule has 0 saturated heterocycles. The Morgan fingerprint density at radius 1 is 1.31 bits per heavy atom. The van der Waals surface area contributed by atoms with E-state index in [1.165, 1.54) is 18.5 Å². The third-order valence-corrected chi connectivity index (χ3v) is 4.21. The van der Waals surface area contributed by atoms with Gasteiger partial charge in [-0.25, -0.2) is 18.1 Å². The summed E-state index contributed by atoms with van der Waals surface area (Å²) in [4.78, 5) is 6.63. The molecule has 84 valence electrons. The quantitative estimate of drug-likeness (QED) is 0.910. The van der Waals surface area contributed by atoms with Gasteiger partial charge in [-0.05, 0) is 28.1 Å². The summed E-state index contributed by atoms with van der Waals surface area (Å²) in [6, 6.07) is 6.57. The minimum absolute atomic E-state index is 0.173. The van der Waals surface area contributed by atoms with Crippen LogP contribution < -0.4 is 4.72 Å². The van der Waals surface area contributed by atoms with Gasteiger partial charge in [0.25, 0.3) is 10.0 Å². The van der Waals surface area contributed by atoms with Crippen molar-refractivity contribution < 1.29 is 8.42 Å². The van der Waals surface area contributed by atoms with Crippen molar-refractivity contribution in [3.8, 4) is 0 Å². The molecule has 0 aliphatic rings. The Morgan fingerprint density at radius 2 is 2.06 bits per heavy atom. The number of rotatable bonds is 3. The summed E-state index contributed by atoms with van der Waals surface area (Å²) >= 11 is 3.19. The molecule has 2 rings (SSSR count). The van der Waals surface area contributed by atoms with Gasteiger partial charge in [0.2, 0.25) is 5.95 Å². The van der Waals surface area contributed by atoms with Crippen LogP contribution in [-0.4, -0.2) is 18.4 Å². The first-order chi connectivity index (χ1) is 7.59. The number of anilines is 1. The highest BCUT2D eigenvalue weighted by Crippen LogP contribution is 2.22. The highest BCUT2D eigenvalue weighted by molar-refractivity contribution is 9.10. The maximum Gasteiger partial charge on any atom is 0.265 e. The average Bonchev–Trinajstić information content (AvgIpc) is 2.70. The lowest BCUT2D eigenvalue weighted by molar-refractivity contribution is 0.600. The molecular formula is C9H8BrN3O2S. The minimum atomic E-state index is -3.60. The van der Waals surface area contributed by atoms with Crippen molar-refractivity contribution in [1.29, 1.82) is 0 Å². The number of hydrogen-bond acceptors (Lipinski definition) is 3. The Bertz CT molecular complexity index is 581. The molecular weight excluding hydrogens is 294 g/mol. The molecule has 0 aliphatic carbocycles. The van der Waals surface area contributed by atoms with E-state index in [4.69, 9.17) is 0 Å². The van der Waals surface area contributed by atoms with Crippen LogP contribution in [0.5, 0.6) is 0 Å². The molecule has 0 fully saturated rings. The van der Waals surface area contributed by atoms with E-state index in [-0.39, 0.29) is 10.8 Å². The number of nitrogens with zero attached hydrogens (tertiary/aromatic N) is 1. The summed E-state index contributed by atoms with van der Waals surface area (Å²) in [6.07, 6.45) is 3.01. The summed E-state index contributed by atoms with van der Waals surface area (Å²) in [5.74, 6) is 0.191. The second kappa shape index (κ2) is 4.26. The molecule has 0 aliphatic heterocycles. The van der Waals surface area contributed by atoms with Crippen LogP contribution in [0.2, 0.25) is 0 Å². The van der Waals surface area contributed by atoms with E-state index < -0.39 is 10.0 Å². The molecule has 0 radical (unpaired) electrons. The van der Waals surface area contributed by atoms with Gasteiger partial charge in [-0.1, -0.05) is 12.1 Å². The van der Waals surface area contributed by atoms with Crippen molar-refractivity contribution in [2.24, 2.45) is 0 Å². The van der Waals surface area contributed by atoms with Gasteiger partial charge in [0, 0.05) is 16.9 Å². The van der Waals surface area contributed by atoms with E-state index in [1.807, 2.05) is 0 Å². The van der Waals surface area contributed by atoms with E-state index in [1.54, 1.807) is 18.2 Å². The average molecular weight is 302 g/mol. The third kappa shape index (κ3) is 2.25. The van der Waals surface area contributed by atoms with Crippen LogP contribution in [0, 0.1) is 0 Å². The second-order valence-corrected chi connectivity index (χ2v) is 5.48. The topological polar surface area (TPSA) is 74.8 Å². The van der Waals surface area contributed by atoms with Crippen LogP contribution in [-0.2, 0) is 10.0 Å². The van der Waals surface area contributed by atoms with Crippen LogP contribution in [0.3, 0.4) is 0 Å². The molecule has 0 spiro atoms. The van der Waals surface area contributed by atoms with Crippen molar-refractivity contribution in [2.75, 3.05) is 4.72 Å². The van der Waals surface area contributed by atoms with Crippen LogP contribution in [0.1, 0.15) is 0 Å². The summed E-state index contributed by atoms with van der Waals surface area (Å²) in [6.45, 7) is 0. The molecule has 5 nitrogen and oxygen atoms in total. The Labute approximate surface area is 101 Å². The first-order valence-corrected chi connectivity index (χ1v) is 6.64. The number of aromatic amines is 1. The highest BCUT2D eigenvalue weighted by atomic mass is 79.9. The lowest BCUT2D eigenvalue weighted by atomic mass is 10.4. The highest BCUT2D eigenvalue weighted by Gasteiger charge is 2.17. The third-order valence-electron chi connectivity index (χ3n) is 1.86. The summed E-state index contributed by atoms with van der Waals surface area (Å²) < 4.78 is 26.7. The molecule has 0 unspecified atom stereocenters. The number of benzene rings is 1. The Morgan fingerprint density at radius 3 is 2.69 bits per heavy atom. The van der Waals surface area contributed by atoms with E-state index in [0.29, 0.717) is 4.47 Å². The van der Waals surface area contributed by atoms with Gasteiger partial charge in [0.05, 0.1) is 0 Å². The zero-order valence-corrected chi connectivity index (χ0v) is 10.4. The predicted octanol–water partition coefficient (Wildman–Crippen LogP) is 1.97. The smallest absolute Gasteiger partial charge is 0.265 e. The summed E-state index contributed by atoms with van der Waals surface area (Å²) in [7, 11) is -3.60. The number of halogens is 1. The Hall–Kier alpha value is -1.34. The normalized spacial score (nSPS) is 11.3. The van der Waals surface area contributed by atoms with Crippen molar-refractivity contribution in [3.63, 3.8) is 0 Å². The Kier molecular flexibility index (Phi) is 2.97. The first-order valence-electron chi connectivity index (χ1n) is 4.36. The van der Waals surface area contributed by atoms with Crippen molar-refractivity contribution in [2.45, 2.75) is 4.90 Å². The summed E-state index contributed by atoms with van der Waals surface area (Å²) in [5.41, 5.74) is 0. The van der Waals surface area contributed by atoms with E-state index in [0.717, 1.165) is 0 Å². The van der Waals surface area contributed by atoms with E-state index in [2.05, 4.69) is 30.6 Å². The number of aromatic nitrogens is 2. The number of H-pyrrole nitrogens is 1. The van der Waals surface area contributed by atoms with Gasteiger partial charge in [-0.2, -0.15) is 0 Å². The maximum absolute atomic E-state index is 11.9. The number of sulfonamides is 1. The monoisotopic (exact) mass is 301 g/mol. The molecule has 1 aromatic carbocycles. The molecule has 1 aromatic heterocycles. The number of nitrogens with one attached hydrogen (secondary N) is 2. The fourth-order valence-corrected chi connectivity index (χ4v) is 3.15. The Balaban J connectivity index is 2.37. The predicted molar refractivity (Wildman–Crippen MR) is 63.5 cm³/mol. The van der Waals surface area contributed by atoms with Gasteiger partial charge in [-0.15, -0.1) is 0 Å². The first kappa shape index (κ1) is 11.2. The van der Waals surface area contributed by atoms with Gasteiger partial charge < -0.3 is 4.98 Å². The number of imidazole rings is 1. The minimum Gasteiger partial charge on any atom is -0.330 e.